The molecule has 0 bridgehead atoms. The summed E-state index contributed by atoms with van der Waals surface area (Å²) in [7, 11) is -4.59. The van der Waals surface area contributed by atoms with Gasteiger partial charge >= 0.3 is 7.82 Å². The molecule has 0 rings (SSSR count). The highest BCUT2D eigenvalue weighted by molar-refractivity contribution is 7.46. The van der Waals surface area contributed by atoms with Crippen LogP contribution in [-0.2, 0) is 13.9 Å². The molecule has 66 valence electrons. The minimum absolute atomic E-state index is 0.770. The molecular formula is C4H9O6P. The second-order valence-electron chi connectivity index (χ2n) is 1.91. The summed E-state index contributed by atoms with van der Waals surface area (Å²) < 4.78 is 13.8. The molecule has 0 saturated carbocycles. The van der Waals surface area contributed by atoms with Crippen LogP contribution in [0.2, 0.25) is 0 Å². The zero-order chi connectivity index (χ0) is 9.07. The topological polar surface area (TPSA) is 104 Å². The monoisotopic (exact) mass is 184 g/mol. The number of aliphatic hydroxyl groups is 1. The van der Waals surface area contributed by atoms with Gasteiger partial charge in [-0.05, 0) is 6.92 Å². The maximum absolute atomic E-state index is 10.5. The lowest BCUT2D eigenvalue weighted by atomic mass is 10.3. The van der Waals surface area contributed by atoms with Crippen molar-refractivity contribution >= 4 is 13.6 Å². The van der Waals surface area contributed by atoms with E-state index in [0.717, 1.165) is 0 Å². The summed E-state index contributed by atoms with van der Waals surface area (Å²) >= 11 is 0. The van der Waals surface area contributed by atoms with E-state index < -0.39 is 26.3 Å². The number of rotatable bonds is 4. The summed E-state index contributed by atoms with van der Waals surface area (Å²) in [5.74, 6) is -0.770. The normalized spacial score (nSPS) is 14.5. The molecular weight excluding hydrogens is 175 g/mol. The Morgan fingerprint density at radius 1 is 1.64 bits per heavy atom. The Kier molecular flexibility index (Phi) is 3.85. The van der Waals surface area contributed by atoms with Crippen molar-refractivity contribution in [2.45, 2.75) is 13.0 Å². The Balaban J connectivity index is 3.73. The summed E-state index contributed by atoms with van der Waals surface area (Å²) in [6.45, 7) is 0.410. The molecule has 0 aliphatic heterocycles. The molecule has 0 heterocycles. The van der Waals surface area contributed by atoms with E-state index in [0.29, 0.717) is 0 Å². The summed E-state index contributed by atoms with van der Waals surface area (Å²) in [5, 5.41) is 8.54. The minimum Gasteiger partial charge on any atom is -0.386 e. The number of carbonyl (C=O) groups is 1. The smallest absolute Gasteiger partial charge is 0.386 e. The number of Topliss-reactive ketones (excluding diaryl/α,β-unsaturated/α-hetero) is 1. The van der Waals surface area contributed by atoms with E-state index in [4.69, 9.17) is 14.9 Å². The summed E-state index contributed by atoms with van der Waals surface area (Å²) in [5.41, 5.74) is 0. The molecule has 0 radical (unpaired) electrons. The number of phosphoric ester groups is 1. The van der Waals surface area contributed by atoms with Crippen LogP contribution in [-0.4, -0.2) is 33.4 Å². The van der Waals surface area contributed by atoms with Crippen molar-refractivity contribution in [2.75, 3.05) is 6.61 Å². The van der Waals surface area contributed by atoms with Crippen molar-refractivity contribution < 1.29 is 28.8 Å². The number of ketones is 1. The average molecular weight is 184 g/mol. The van der Waals surface area contributed by atoms with Crippen LogP contribution in [0.1, 0.15) is 6.92 Å². The minimum atomic E-state index is -4.59. The molecule has 0 aliphatic rings. The van der Waals surface area contributed by atoms with Gasteiger partial charge in [-0.3, -0.25) is 9.32 Å². The van der Waals surface area contributed by atoms with Gasteiger partial charge in [0.25, 0.3) is 0 Å². The molecule has 0 aliphatic carbocycles. The molecule has 6 nitrogen and oxygen atoms in total. The summed E-state index contributed by atoms with van der Waals surface area (Å²) in [6.07, 6.45) is -1.26. The SMILES string of the molecule is CC(O)C(=O)COP(=O)(O)O. The maximum Gasteiger partial charge on any atom is 0.470 e. The molecule has 3 N–H and O–H groups in total. The molecule has 0 fully saturated rings. The third-order valence-corrected chi connectivity index (χ3v) is 1.31. The predicted octanol–water partition coefficient (Wildman–Crippen LogP) is -0.954. The van der Waals surface area contributed by atoms with Gasteiger partial charge in [-0.2, -0.15) is 0 Å². The summed E-state index contributed by atoms with van der Waals surface area (Å²) in [4.78, 5) is 26.7. The van der Waals surface area contributed by atoms with Gasteiger partial charge in [0, 0.05) is 0 Å². The van der Waals surface area contributed by atoms with E-state index in [-0.39, 0.29) is 0 Å². The van der Waals surface area contributed by atoms with Gasteiger partial charge in [-0.15, -0.1) is 0 Å². The molecule has 0 aromatic heterocycles. The fraction of sp³-hybridized carbons (Fsp3) is 0.750. The van der Waals surface area contributed by atoms with E-state index in [9.17, 15) is 9.36 Å². The van der Waals surface area contributed by atoms with E-state index >= 15 is 0 Å². The zero-order valence-electron chi connectivity index (χ0n) is 5.80. The van der Waals surface area contributed by atoms with Crippen molar-refractivity contribution in [3.63, 3.8) is 0 Å². The molecule has 0 aromatic rings. The van der Waals surface area contributed by atoms with Crippen molar-refractivity contribution in [1.29, 1.82) is 0 Å². The first-order valence-corrected chi connectivity index (χ1v) is 4.27. The lowest BCUT2D eigenvalue weighted by Gasteiger charge is -2.05. The standard InChI is InChI=1S/C4H9O6P/c1-3(5)4(6)2-10-11(7,8)9/h3,5H,2H2,1H3,(H2,7,8,9). The molecule has 0 amide bonds. The van der Waals surface area contributed by atoms with Gasteiger partial charge in [-0.25, -0.2) is 4.57 Å². The van der Waals surface area contributed by atoms with Crippen LogP contribution in [0.15, 0.2) is 0 Å². The first-order chi connectivity index (χ1) is 4.83. The van der Waals surface area contributed by atoms with Crippen molar-refractivity contribution in [3.05, 3.63) is 0 Å². The predicted molar refractivity (Wildman–Crippen MR) is 34.7 cm³/mol. The van der Waals surface area contributed by atoms with Gasteiger partial charge < -0.3 is 14.9 Å². The maximum atomic E-state index is 10.5. The van der Waals surface area contributed by atoms with Crippen LogP contribution >= 0.6 is 7.82 Å². The molecule has 11 heavy (non-hydrogen) atoms. The van der Waals surface area contributed by atoms with E-state index in [2.05, 4.69) is 4.52 Å². The summed E-state index contributed by atoms with van der Waals surface area (Å²) in [6, 6.07) is 0. The number of aliphatic hydroxyl groups excluding tert-OH is 1. The lowest BCUT2D eigenvalue weighted by molar-refractivity contribution is -0.128. The Morgan fingerprint density at radius 3 is 2.36 bits per heavy atom. The van der Waals surface area contributed by atoms with Crippen molar-refractivity contribution in [1.82, 2.24) is 0 Å². The largest absolute Gasteiger partial charge is 0.470 e. The van der Waals surface area contributed by atoms with Crippen LogP contribution in [0.4, 0.5) is 0 Å². The molecule has 7 heteroatoms. The first kappa shape index (κ1) is 10.7. The zero-order valence-corrected chi connectivity index (χ0v) is 6.69. The quantitative estimate of drug-likeness (QED) is 0.486. The molecule has 0 saturated heterocycles. The van der Waals surface area contributed by atoms with E-state index in [1.54, 1.807) is 0 Å². The van der Waals surface area contributed by atoms with Gasteiger partial charge in [0.1, 0.15) is 12.7 Å². The van der Waals surface area contributed by atoms with E-state index in [1.807, 2.05) is 0 Å². The van der Waals surface area contributed by atoms with E-state index in [1.165, 1.54) is 6.92 Å². The Bertz CT molecular complexity index is 181. The fourth-order valence-electron chi connectivity index (χ4n) is 0.268. The third-order valence-electron chi connectivity index (χ3n) is 0.841. The Labute approximate surface area is 63.0 Å². The average Bonchev–Trinajstić information content (AvgIpc) is 1.80. The highest BCUT2D eigenvalue weighted by Gasteiger charge is 2.18. The molecule has 0 spiro atoms. The second-order valence-corrected chi connectivity index (χ2v) is 3.15. The number of hydrogen-bond donors (Lipinski definition) is 3. The first-order valence-electron chi connectivity index (χ1n) is 2.74. The lowest BCUT2D eigenvalue weighted by Crippen LogP contribution is -2.20. The van der Waals surface area contributed by atoms with Gasteiger partial charge in [0.05, 0.1) is 0 Å². The van der Waals surface area contributed by atoms with Crippen LogP contribution in [0.25, 0.3) is 0 Å². The number of hydrogen-bond acceptors (Lipinski definition) is 4. The highest BCUT2D eigenvalue weighted by Crippen LogP contribution is 2.35. The Hall–Kier alpha value is -0.260. The van der Waals surface area contributed by atoms with Crippen LogP contribution in [0, 0.1) is 0 Å². The third kappa shape index (κ3) is 6.15. The van der Waals surface area contributed by atoms with Crippen molar-refractivity contribution in [3.8, 4) is 0 Å². The Morgan fingerprint density at radius 2 is 2.09 bits per heavy atom. The van der Waals surface area contributed by atoms with Crippen molar-refractivity contribution in [2.24, 2.45) is 0 Å². The number of carbonyl (C=O) groups excluding carboxylic acids is 1. The second kappa shape index (κ2) is 3.94. The van der Waals surface area contributed by atoms with Crippen LogP contribution < -0.4 is 0 Å². The molecule has 1 unspecified atom stereocenters. The number of phosphoric acid groups is 1. The van der Waals surface area contributed by atoms with Gasteiger partial charge in [0.2, 0.25) is 0 Å². The van der Waals surface area contributed by atoms with Crippen LogP contribution in [0.3, 0.4) is 0 Å². The van der Waals surface area contributed by atoms with Gasteiger partial charge in [0.15, 0.2) is 5.78 Å². The highest BCUT2D eigenvalue weighted by atomic mass is 31.2. The van der Waals surface area contributed by atoms with Gasteiger partial charge in [-0.1, -0.05) is 0 Å². The molecule has 0 aromatic carbocycles. The van der Waals surface area contributed by atoms with Crippen LogP contribution in [0.5, 0.6) is 0 Å². The molecule has 1 atom stereocenters. The fourth-order valence-corrected chi connectivity index (χ4v) is 0.564.